The van der Waals surface area contributed by atoms with Crippen molar-refractivity contribution in [2.24, 2.45) is 5.92 Å². The second-order valence-electron chi connectivity index (χ2n) is 8.50. The minimum absolute atomic E-state index is 0.148. The van der Waals surface area contributed by atoms with Gasteiger partial charge in [-0.15, -0.1) is 0 Å². The Morgan fingerprint density at radius 1 is 1.03 bits per heavy atom. The molecule has 1 N–H and O–H groups in total. The summed E-state index contributed by atoms with van der Waals surface area (Å²) >= 11 is 0. The molecular weight excluding hydrogens is 404 g/mol. The van der Waals surface area contributed by atoms with Gasteiger partial charge in [0.05, 0.1) is 10.5 Å². The van der Waals surface area contributed by atoms with Crippen LogP contribution in [-0.4, -0.2) is 49.8 Å². The molecule has 0 aromatic heterocycles. The number of piperidine rings is 1. The highest BCUT2D eigenvalue weighted by molar-refractivity contribution is 7.89. The minimum Gasteiger partial charge on any atom is -0.449 e. The SMILES string of the molecule is CC1CCN(S(=O)(=O)c2ccc(C(=O)OC(C)C(=O)NC3CCCCC3)cc2)CC1. The van der Waals surface area contributed by atoms with Crippen LogP contribution in [0.4, 0.5) is 0 Å². The first-order chi connectivity index (χ1) is 14.3. The molecule has 1 aliphatic heterocycles. The summed E-state index contributed by atoms with van der Waals surface area (Å²) in [6.45, 7) is 4.70. The predicted octanol–water partition coefficient (Wildman–Crippen LogP) is 3.10. The molecule has 1 unspecified atom stereocenters. The van der Waals surface area contributed by atoms with Crippen LogP contribution in [0.5, 0.6) is 0 Å². The topological polar surface area (TPSA) is 92.8 Å². The summed E-state index contributed by atoms with van der Waals surface area (Å²) < 4.78 is 32.4. The van der Waals surface area contributed by atoms with E-state index in [1.54, 1.807) is 6.92 Å². The lowest BCUT2D eigenvalue weighted by atomic mass is 9.95. The Labute approximate surface area is 179 Å². The van der Waals surface area contributed by atoms with Crippen molar-refractivity contribution in [2.45, 2.75) is 75.8 Å². The quantitative estimate of drug-likeness (QED) is 0.692. The number of carbonyl (C=O) groups excluding carboxylic acids is 2. The monoisotopic (exact) mass is 436 g/mol. The minimum atomic E-state index is -3.56. The summed E-state index contributed by atoms with van der Waals surface area (Å²) in [5.41, 5.74) is 0.221. The van der Waals surface area contributed by atoms with E-state index in [4.69, 9.17) is 4.74 Å². The molecule has 2 fully saturated rings. The van der Waals surface area contributed by atoms with Gasteiger partial charge in [0.2, 0.25) is 10.0 Å². The highest BCUT2D eigenvalue weighted by Gasteiger charge is 2.28. The molecule has 0 spiro atoms. The molecule has 2 aliphatic rings. The van der Waals surface area contributed by atoms with Crippen molar-refractivity contribution in [2.75, 3.05) is 13.1 Å². The van der Waals surface area contributed by atoms with Gasteiger partial charge in [0.25, 0.3) is 5.91 Å². The second-order valence-corrected chi connectivity index (χ2v) is 10.4. The molecule has 1 amide bonds. The van der Waals surface area contributed by atoms with Crippen LogP contribution in [0.25, 0.3) is 0 Å². The molecule has 3 rings (SSSR count). The van der Waals surface area contributed by atoms with Crippen molar-refractivity contribution in [3.05, 3.63) is 29.8 Å². The van der Waals surface area contributed by atoms with Gasteiger partial charge in [0.1, 0.15) is 0 Å². The van der Waals surface area contributed by atoms with Crippen LogP contribution in [0.2, 0.25) is 0 Å². The van der Waals surface area contributed by atoms with E-state index in [1.165, 1.54) is 35.0 Å². The fourth-order valence-electron chi connectivity index (χ4n) is 3.98. The third-order valence-electron chi connectivity index (χ3n) is 6.07. The van der Waals surface area contributed by atoms with E-state index in [9.17, 15) is 18.0 Å². The maximum atomic E-state index is 12.8. The summed E-state index contributed by atoms with van der Waals surface area (Å²) in [6, 6.07) is 5.88. The van der Waals surface area contributed by atoms with Crippen molar-refractivity contribution >= 4 is 21.9 Å². The average Bonchev–Trinajstić information content (AvgIpc) is 2.74. The van der Waals surface area contributed by atoms with Crippen LogP contribution >= 0.6 is 0 Å². The number of ether oxygens (including phenoxy) is 1. The number of hydrogen-bond donors (Lipinski definition) is 1. The lowest BCUT2D eigenvalue weighted by Crippen LogP contribution is -2.42. The van der Waals surface area contributed by atoms with E-state index >= 15 is 0 Å². The fraction of sp³-hybridized carbons (Fsp3) is 0.636. The molecule has 1 saturated carbocycles. The van der Waals surface area contributed by atoms with Crippen molar-refractivity contribution in [1.82, 2.24) is 9.62 Å². The van der Waals surface area contributed by atoms with Crippen LogP contribution in [0.3, 0.4) is 0 Å². The third kappa shape index (κ3) is 5.60. The Kier molecular flexibility index (Phi) is 7.52. The van der Waals surface area contributed by atoms with E-state index in [0.717, 1.165) is 38.5 Å². The molecule has 0 radical (unpaired) electrons. The molecule has 0 bridgehead atoms. The molecule has 1 atom stereocenters. The number of rotatable bonds is 6. The molecule has 30 heavy (non-hydrogen) atoms. The lowest BCUT2D eigenvalue weighted by molar-refractivity contribution is -0.130. The Bertz CT molecular complexity index is 839. The molecular formula is C22H32N2O5S. The van der Waals surface area contributed by atoms with Crippen LogP contribution in [0, 0.1) is 5.92 Å². The number of esters is 1. The van der Waals surface area contributed by atoms with Crippen LogP contribution in [0.15, 0.2) is 29.2 Å². The molecule has 166 valence electrons. The summed E-state index contributed by atoms with van der Waals surface area (Å²) in [7, 11) is -3.56. The van der Waals surface area contributed by atoms with Gasteiger partial charge < -0.3 is 10.1 Å². The van der Waals surface area contributed by atoms with Crippen LogP contribution < -0.4 is 5.32 Å². The normalized spacial score (nSPS) is 20.5. The van der Waals surface area contributed by atoms with Gasteiger partial charge in [0, 0.05) is 19.1 Å². The van der Waals surface area contributed by atoms with Gasteiger partial charge >= 0.3 is 5.97 Å². The zero-order chi connectivity index (χ0) is 21.7. The van der Waals surface area contributed by atoms with Crippen molar-refractivity contribution in [3.63, 3.8) is 0 Å². The molecule has 1 aliphatic carbocycles. The first-order valence-electron chi connectivity index (χ1n) is 10.9. The predicted molar refractivity (Wildman–Crippen MR) is 113 cm³/mol. The largest absolute Gasteiger partial charge is 0.449 e. The standard InChI is InChI=1S/C22H32N2O5S/c1-16-12-14-24(15-13-16)30(27,28)20-10-8-18(9-11-20)22(26)29-17(2)21(25)23-19-6-4-3-5-7-19/h8-11,16-17,19H,3-7,12-15H2,1-2H3,(H,23,25). The van der Waals surface area contributed by atoms with E-state index in [0.29, 0.717) is 19.0 Å². The smallest absolute Gasteiger partial charge is 0.338 e. The maximum Gasteiger partial charge on any atom is 0.338 e. The van der Waals surface area contributed by atoms with Gasteiger partial charge in [0.15, 0.2) is 6.10 Å². The zero-order valence-electron chi connectivity index (χ0n) is 17.8. The number of sulfonamides is 1. The van der Waals surface area contributed by atoms with Crippen LogP contribution in [0.1, 0.15) is 69.2 Å². The van der Waals surface area contributed by atoms with Gasteiger partial charge in [-0.05, 0) is 62.8 Å². The van der Waals surface area contributed by atoms with Gasteiger partial charge in [-0.2, -0.15) is 4.31 Å². The first-order valence-corrected chi connectivity index (χ1v) is 12.3. The summed E-state index contributed by atoms with van der Waals surface area (Å²) in [5, 5.41) is 2.94. The Balaban J connectivity index is 1.57. The van der Waals surface area contributed by atoms with Crippen molar-refractivity contribution in [3.8, 4) is 0 Å². The number of benzene rings is 1. The number of hydrogen-bond acceptors (Lipinski definition) is 5. The second kappa shape index (κ2) is 9.92. The highest BCUT2D eigenvalue weighted by atomic mass is 32.2. The molecule has 1 aromatic carbocycles. The number of amides is 1. The van der Waals surface area contributed by atoms with E-state index in [1.807, 2.05) is 0 Å². The number of nitrogens with zero attached hydrogens (tertiary/aromatic N) is 1. The summed E-state index contributed by atoms with van der Waals surface area (Å²) in [5.74, 6) is -0.406. The Morgan fingerprint density at radius 2 is 1.63 bits per heavy atom. The van der Waals surface area contributed by atoms with Gasteiger partial charge in [-0.1, -0.05) is 26.2 Å². The summed E-state index contributed by atoms with van der Waals surface area (Å²) in [6.07, 6.45) is 6.11. The fourth-order valence-corrected chi connectivity index (χ4v) is 5.45. The molecule has 8 heteroatoms. The molecule has 1 aromatic rings. The Hall–Kier alpha value is -1.93. The number of carbonyl (C=O) groups is 2. The van der Waals surface area contributed by atoms with E-state index < -0.39 is 22.1 Å². The highest BCUT2D eigenvalue weighted by Crippen LogP contribution is 2.24. The molecule has 1 heterocycles. The molecule has 1 saturated heterocycles. The van der Waals surface area contributed by atoms with Gasteiger partial charge in [-0.25, -0.2) is 13.2 Å². The molecule has 7 nitrogen and oxygen atoms in total. The Morgan fingerprint density at radius 3 is 2.23 bits per heavy atom. The number of nitrogens with one attached hydrogen (secondary N) is 1. The van der Waals surface area contributed by atoms with Crippen molar-refractivity contribution in [1.29, 1.82) is 0 Å². The zero-order valence-corrected chi connectivity index (χ0v) is 18.6. The van der Waals surface area contributed by atoms with E-state index in [2.05, 4.69) is 12.2 Å². The average molecular weight is 437 g/mol. The summed E-state index contributed by atoms with van der Waals surface area (Å²) in [4.78, 5) is 24.8. The first kappa shape index (κ1) is 22.7. The van der Waals surface area contributed by atoms with Gasteiger partial charge in [-0.3, -0.25) is 4.79 Å². The van der Waals surface area contributed by atoms with E-state index in [-0.39, 0.29) is 22.4 Å². The maximum absolute atomic E-state index is 12.8. The lowest BCUT2D eigenvalue weighted by Gasteiger charge is -2.29. The van der Waals surface area contributed by atoms with Crippen LogP contribution in [-0.2, 0) is 19.6 Å². The third-order valence-corrected chi connectivity index (χ3v) is 7.99. The van der Waals surface area contributed by atoms with Crippen molar-refractivity contribution < 1.29 is 22.7 Å².